The van der Waals surface area contributed by atoms with Crippen LogP contribution in [0.1, 0.15) is 32.9 Å². The molecule has 0 aliphatic heterocycles. The molecule has 112 valence electrons. The van der Waals surface area contributed by atoms with Gasteiger partial charge in [-0.25, -0.2) is 0 Å². The molecule has 0 spiro atoms. The number of hydrogen-bond acceptors (Lipinski definition) is 4. The van der Waals surface area contributed by atoms with Crippen LogP contribution in [0.2, 0.25) is 0 Å². The number of rotatable bonds is 9. The van der Waals surface area contributed by atoms with Crippen LogP contribution in [-0.2, 0) is 11.3 Å². The highest BCUT2D eigenvalue weighted by Crippen LogP contribution is 2.10. The molecule has 1 amide bonds. The summed E-state index contributed by atoms with van der Waals surface area (Å²) in [5.74, 6) is 0.0645. The molecule has 5 nitrogen and oxygen atoms in total. The quantitative estimate of drug-likeness (QED) is 0.724. The van der Waals surface area contributed by atoms with Gasteiger partial charge in [0, 0.05) is 31.5 Å². The van der Waals surface area contributed by atoms with E-state index in [0.29, 0.717) is 19.6 Å². The van der Waals surface area contributed by atoms with E-state index in [0.717, 1.165) is 30.9 Å². The van der Waals surface area contributed by atoms with Gasteiger partial charge in [0.15, 0.2) is 0 Å². The van der Waals surface area contributed by atoms with E-state index in [1.165, 1.54) is 0 Å². The lowest BCUT2D eigenvalue weighted by Crippen LogP contribution is -2.36. The van der Waals surface area contributed by atoms with Crippen molar-refractivity contribution in [1.29, 1.82) is 0 Å². The molecule has 1 aromatic heterocycles. The number of nitrogens with zero attached hydrogens (tertiary/aromatic N) is 2. The Kier molecular flexibility index (Phi) is 7.65. The van der Waals surface area contributed by atoms with Gasteiger partial charge in [0.1, 0.15) is 0 Å². The van der Waals surface area contributed by atoms with Gasteiger partial charge >= 0.3 is 0 Å². The highest BCUT2D eigenvalue weighted by Gasteiger charge is 2.09. The summed E-state index contributed by atoms with van der Waals surface area (Å²) >= 11 is 0. The molecule has 20 heavy (non-hydrogen) atoms. The van der Waals surface area contributed by atoms with Crippen molar-refractivity contribution in [2.45, 2.75) is 33.7 Å². The third-order valence-electron chi connectivity index (χ3n) is 2.97. The lowest BCUT2D eigenvalue weighted by Gasteiger charge is -2.19. The van der Waals surface area contributed by atoms with E-state index in [9.17, 15) is 4.79 Å². The fourth-order valence-electron chi connectivity index (χ4n) is 1.91. The Balaban J connectivity index is 2.58. The van der Waals surface area contributed by atoms with Crippen LogP contribution in [0.4, 0.5) is 5.69 Å². The van der Waals surface area contributed by atoms with Crippen LogP contribution < -0.4 is 10.6 Å². The van der Waals surface area contributed by atoms with Crippen LogP contribution in [0.25, 0.3) is 0 Å². The summed E-state index contributed by atoms with van der Waals surface area (Å²) in [5.41, 5.74) is 2.07. The topological polar surface area (TPSA) is 57.3 Å². The van der Waals surface area contributed by atoms with Crippen LogP contribution in [0.3, 0.4) is 0 Å². The predicted molar refractivity (Wildman–Crippen MR) is 82.7 cm³/mol. The van der Waals surface area contributed by atoms with Crippen molar-refractivity contribution in [2.24, 2.45) is 0 Å². The van der Waals surface area contributed by atoms with Crippen LogP contribution in [0.5, 0.6) is 0 Å². The van der Waals surface area contributed by atoms with Crippen molar-refractivity contribution >= 4 is 11.6 Å². The summed E-state index contributed by atoms with van der Waals surface area (Å²) in [7, 11) is 0. The van der Waals surface area contributed by atoms with Crippen molar-refractivity contribution in [3.8, 4) is 0 Å². The maximum atomic E-state index is 11.6. The number of amides is 1. The second-order valence-electron chi connectivity index (χ2n) is 4.72. The first-order valence-electron chi connectivity index (χ1n) is 7.37. The van der Waals surface area contributed by atoms with Gasteiger partial charge in [0.25, 0.3) is 0 Å². The average Bonchev–Trinajstić information content (AvgIpc) is 2.45. The van der Waals surface area contributed by atoms with Gasteiger partial charge in [-0.3, -0.25) is 14.7 Å². The summed E-state index contributed by atoms with van der Waals surface area (Å²) in [5, 5.41) is 6.17. The van der Waals surface area contributed by atoms with E-state index in [1.807, 2.05) is 19.2 Å². The minimum Gasteiger partial charge on any atom is -0.385 e. The second-order valence-corrected chi connectivity index (χ2v) is 4.72. The fraction of sp³-hybridized carbons (Fsp3) is 0.600. The molecule has 5 heteroatoms. The van der Waals surface area contributed by atoms with Crippen molar-refractivity contribution in [3.05, 3.63) is 24.0 Å². The molecule has 0 saturated heterocycles. The van der Waals surface area contributed by atoms with E-state index in [1.54, 1.807) is 0 Å². The first-order chi connectivity index (χ1) is 9.69. The lowest BCUT2D eigenvalue weighted by atomic mass is 10.3. The molecule has 0 bridgehead atoms. The molecule has 2 N–H and O–H groups in total. The summed E-state index contributed by atoms with van der Waals surface area (Å²) < 4.78 is 0. The predicted octanol–water partition coefficient (Wildman–Crippen LogP) is 1.86. The van der Waals surface area contributed by atoms with Gasteiger partial charge in [0.05, 0.1) is 12.2 Å². The van der Waals surface area contributed by atoms with E-state index in [4.69, 9.17) is 0 Å². The molecule has 0 saturated carbocycles. The number of carbonyl (C=O) groups excluding carboxylic acids is 1. The largest absolute Gasteiger partial charge is 0.385 e. The Morgan fingerprint density at radius 1 is 1.35 bits per heavy atom. The molecule has 1 rings (SSSR count). The lowest BCUT2D eigenvalue weighted by molar-refractivity contribution is -0.122. The summed E-state index contributed by atoms with van der Waals surface area (Å²) in [6.07, 6.45) is 2.91. The van der Waals surface area contributed by atoms with Crippen molar-refractivity contribution in [2.75, 3.05) is 31.5 Å². The number of pyridine rings is 1. The molecule has 0 unspecified atom stereocenters. The monoisotopic (exact) mass is 278 g/mol. The van der Waals surface area contributed by atoms with E-state index < -0.39 is 0 Å². The van der Waals surface area contributed by atoms with Crippen LogP contribution in [0, 0.1) is 0 Å². The van der Waals surface area contributed by atoms with Crippen molar-refractivity contribution in [3.63, 3.8) is 0 Å². The first-order valence-corrected chi connectivity index (χ1v) is 7.37. The van der Waals surface area contributed by atoms with Gasteiger partial charge in [-0.1, -0.05) is 13.8 Å². The Hall–Kier alpha value is -1.62. The Morgan fingerprint density at radius 3 is 2.80 bits per heavy atom. The number of anilines is 1. The molecule has 0 radical (unpaired) electrons. The van der Waals surface area contributed by atoms with Crippen molar-refractivity contribution < 1.29 is 4.79 Å². The standard InChI is InChI=1S/C15H26N4O/c1-4-8-17-13-7-9-18-14(10-13)11-19(6-3)12-15(20)16-5-2/h7,9-10H,4-6,8,11-12H2,1-3H3,(H,16,20)(H,17,18). The molecule has 0 aliphatic carbocycles. The van der Waals surface area contributed by atoms with E-state index in [-0.39, 0.29) is 5.91 Å². The summed E-state index contributed by atoms with van der Waals surface area (Å²) in [4.78, 5) is 18.1. The number of hydrogen-bond donors (Lipinski definition) is 2. The van der Waals surface area contributed by atoms with E-state index in [2.05, 4.69) is 40.4 Å². The molecule has 1 heterocycles. The van der Waals surface area contributed by atoms with Gasteiger partial charge in [-0.15, -0.1) is 0 Å². The number of nitrogens with one attached hydrogen (secondary N) is 2. The highest BCUT2D eigenvalue weighted by atomic mass is 16.2. The summed E-state index contributed by atoms with van der Waals surface area (Å²) in [6.45, 7) is 9.68. The molecule has 1 aromatic rings. The maximum absolute atomic E-state index is 11.6. The van der Waals surface area contributed by atoms with Gasteiger partial charge < -0.3 is 10.6 Å². The van der Waals surface area contributed by atoms with Crippen LogP contribution in [-0.4, -0.2) is 42.0 Å². The maximum Gasteiger partial charge on any atom is 0.234 e. The van der Waals surface area contributed by atoms with Gasteiger partial charge in [0.2, 0.25) is 5.91 Å². The number of carbonyl (C=O) groups is 1. The molecular weight excluding hydrogens is 252 g/mol. The molecule has 0 aromatic carbocycles. The number of likely N-dealkylation sites (N-methyl/N-ethyl adjacent to an activating group) is 2. The number of aromatic nitrogens is 1. The van der Waals surface area contributed by atoms with Crippen molar-refractivity contribution in [1.82, 2.24) is 15.2 Å². The molecular formula is C15H26N4O. The molecule has 0 aliphatic rings. The first kappa shape index (κ1) is 16.4. The SMILES string of the molecule is CCCNc1ccnc(CN(CC)CC(=O)NCC)c1. The zero-order valence-electron chi connectivity index (χ0n) is 12.8. The Labute approximate surface area is 121 Å². The fourth-order valence-corrected chi connectivity index (χ4v) is 1.91. The Bertz CT molecular complexity index is 409. The zero-order chi connectivity index (χ0) is 14.8. The third-order valence-corrected chi connectivity index (χ3v) is 2.97. The Morgan fingerprint density at radius 2 is 2.15 bits per heavy atom. The second kappa shape index (κ2) is 9.31. The zero-order valence-corrected chi connectivity index (χ0v) is 12.8. The minimum atomic E-state index is 0.0645. The third kappa shape index (κ3) is 6.02. The highest BCUT2D eigenvalue weighted by molar-refractivity contribution is 5.77. The molecule has 0 fully saturated rings. The normalized spacial score (nSPS) is 10.6. The smallest absolute Gasteiger partial charge is 0.234 e. The van der Waals surface area contributed by atoms with Crippen LogP contribution >= 0.6 is 0 Å². The average molecular weight is 278 g/mol. The van der Waals surface area contributed by atoms with Gasteiger partial charge in [-0.05, 0) is 32.0 Å². The van der Waals surface area contributed by atoms with Gasteiger partial charge in [-0.2, -0.15) is 0 Å². The summed E-state index contributed by atoms with van der Waals surface area (Å²) in [6, 6.07) is 4.02. The minimum absolute atomic E-state index is 0.0645. The van der Waals surface area contributed by atoms with E-state index >= 15 is 0 Å². The van der Waals surface area contributed by atoms with Crippen LogP contribution in [0.15, 0.2) is 18.3 Å². The molecule has 0 atom stereocenters.